The number of Topliss-reactive ketones (excluding diaryl/α,β-unsaturated/α-hetero) is 1. The van der Waals surface area contributed by atoms with E-state index in [4.69, 9.17) is 0 Å². The third kappa shape index (κ3) is 5.42. The Morgan fingerprint density at radius 1 is 1.04 bits per heavy atom. The Morgan fingerprint density at radius 2 is 1.71 bits per heavy atom. The lowest BCUT2D eigenvalue weighted by atomic mass is 9.86. The molecule has 0 bridgehead atoms. The van der Waals surface area contributed by atoms with Crippen LogP contribution in [-0.4, -0.2) is 21.7 Å². The molecule has 1 heterocycles. The van der Waals surface area contributed by atoms with E-state index in [0.717, 1.165) is 27.1 Å². The van der Waals surface area contributed by atoms with Crippen LogP contribution in [-0.2, 0) is 11.8 Å². The van der Waals surface area contributed by atoms with Crippen molar-refractivity contribution in [3.05, 3.63) is 65.2 Å². The quantitative estimate of drug-likeness (QED) is 0.375. The Kier molecular flexibility index (Phi) is 6.52. The molecule has 0 unspecified atom stereocenters. The zero-order chi connectivity index (χ0) is 20.1. The van der Waals surface area contributed by atoms with Gasteiger partial charge in [0.2, 0.25) is 5.13 Å². The number of benzene rings is 2. The van der Waals surface area contributed by atoms with Gasteiger partial charge in [-0.2, -0.15) is 0 Å². The summed E-state index contributed by atoms with van der Waals surface area (Å²) < 4.78 is 0.785. The fraction of sp³-hybridized carbons (Fsp3) is 0.318. The first kappa shape index (κ1) is 20.6. The van der Waals surface area contributed by atoms with Gasteiger partial charge in [0.1, 0.15) is 0 Å². The molecule has 0 aliphatic carbocycles. The molecule has 0 spiro atoms. The van der Waals surface area contributed by atoms with E-state index >= 15 is 0 Å². The molecule has 0 atom stereocenters. The minimum Gasteiger partial charge on any atom is -0.330 e. The van der Waals surface area contributed by atoms with Gasteiger partial charge in [0.25, 0.3) is 0 Å². The van der Waals surface area contributed by atoms with Gasteiger partial charge in [-0.3, -0.25) is 4.79 Å². The van der Waals surface area contributed by atoms with E-state index in [0.29, 0.717) is 5.75 Å². The summed E-state index contributed by atoms with van der Waals surface area (Å²) >= 11 is 2.88. The zero-order valence-electron chi connectivity index (χ0n) is 16.7. The minimum atomic E-state index is 0.0865. The normalized spacial score (nSPS) is 11.4. The zero-order valence-corrected chi connectivity index (χ0v) is 18.3. The topological polar surface area (TPSA) is 54.9 Å². The molecule has 0 fully saturated rings. The summed E-state index contributed by atoms with van der Waals surface area (Å²) in [5.74, 6) is 0.458. The van der Waals surface area contributed by atoms with Crippen molar-refractivity contribution in [2.75, 3.05) is 11.1 Å². The van der Waals surface area contributed by atoms with Crippen LogP contribution >= 0.6 is 23.1 Å². The average Bonchev–Trinajstić information content (AvgIpc) is 3.13. The number of ketones is 1. The molecule has 0 amide bonds. The summed E-state index contributed by atoms with van der Waals surface area (Å²) in [6.07, 6.45) is 1.02. The van der Waals surface area contributed by atoms with E-state index < -0.39 is 0 Å². The summed E-state index contributed by atoms with van der Waals surface area (Å²) in [4.78, 5) is 12.5. The van der Waals surface area contributed by atoms with Gasteiger partial charge in [0.15, 0.2) is 10.1 Å². The van der Waals surface area contributed by atoms with E-state index in [9.17, 15) is 4.79 Å². The van der Waals surface area contributed by atoms with Gasteiger partial charge in [-0.25, -0.2) is 0 Å². The predicted molar refractivity (Wildman–Crippen MR) is 119 cm³/mol. The fourth-order valence-corrected chi connectivity index (χ4v) is 4.30. The maximum Gasteiger partial charge on any atom is 0.210 e. The third-order valence-electron chi connectivity index (χ3n) is 4.42. The standard InChI is InChI=1S/C22H25N3OS2/c1-5-15-6-12-18(13-7-15)23-20-24-25-21(28-20)27-14-19(26)16-8-10-17(11-9-16)22(2,3)4/h6-13H,5,14H2,1-4H3,(H,23,24). The molecule has 3 aromatic rings. The monoisotopic (exact) mass is 411 g/mol. The van der Waals surface area contributed by atoms with Crippen molar-refractivity contribution in [1.29, 1.82) is 0 Å². The molecule has 0 radical (unpaired) electrons. The molecule has 28 heavy (non-hydrogen) atoms. The molecule has 4 nitrogen and oxygen atoms in total. The Morgan fingerprint density at radius 3 is 2.32 bits per heavy atom. The smallest absolute Gasteiger partial charge is 0.210 e. The third-order valence-corrected chi connectivity index (χ3v) is 6.39. The van der Waals surface area contributed by atoms with Gasteiger partial charge in [0.05, 0.1) is 5.75 Å². The summed E-state index contributed by atoms with van der Waals surface area (Å²) in [6, 6.07) is 16.2. The minimum absolute atomic E-state index is 0.0865. The number of nitrogens with one attached hydrogen (secondary N) is 1. The Labute approximate surface area is 174 Å². The van der Waals surface area contributed by atoms with Crippen LogP contribution in [0.2, 0.25) is 0 Å². The first-order chi connectivity index (χ1) is 13.3. The highest BCUT2D eigenvalue weighted by Gasteiger charge is 2.15. The predicted octanol–water partition coefficient (Wildman–Crippen LogP) is 6.12. The molecular formula is C22H25N3OS2. The number of carbonyl (C=O) groups is 1. The van der Waals surface area contributed by atoms with E-state index in [-0.39, 0.29) is 11.2 Å². The first-order valence-corrected chi connectivity index (χ1v) is 11.1. The van der Waals surface area contributed by atoms with E-state index in [2.05, 4.69) is 55.3 Å². The summed E-state index contributed by atoms with van der Waals surface area (Å²) in [5, 5.41) is 12.3. The maximum absolute atomic E-state index is 12.5. The number of carbonyl (C=O) groups excluding carboxylic acids is 1. The van der Waals surface area contributed by atoms with Crippen LogP contribution in [0.3, 0.4) is 0 Å². The molecule has 6 heteroatoms. The summed E-state index contributed by atoms with van der Waals surface area (Å²) in [5.41, 5.74) is 4.33. The van der Waals surface area contributed by atoms with E-state index in [1.54, 1.807) is 0 Å². The van der Waals surface area contributed by atoms with Crippen LogP contribution in [0, 0.1) is 0 Å². The SMILES string of the molecule is CCc1ccc(Nc2nnc(SCC(=O)c3ccc(C(C)(C)C)cc3)s2)cc1. The Bertz CT molecular complexity index is 926. The maximum atomic E-state index is 12.5. The highest BCUT2D eigenvalue weighted by atomic mass is 32.2. The number of aryl methyl sites for hydroxylation is 1. The van der Waals surface area contributed by atoms with Crippen molar-refractivity contribution in [2.24, 2.45) is 0 Å². The van der Waals surface area contributed by atoms with Gasteiger partial charge in [-0.1, -0.05) is 87.2 Å². The molecule has 146 valence electrons. The van der Waals surface area contributed by atoms with Crippen molar-refractivity contribution in [3.63, 3.8) is 0 Å². The molecule has 0 saturated carbocycles. The van der Waals surface area contributed by atoms with Crippen LogP contribution in [0.1, 0.15) is 49.2 Å². The fourth-order valence-electron chi connectivity index (χ4n) is 2.63. The van der Waals surface area contributed by atoms with Gasteiger partial charge < -0.3 is 5.32 Å². The number of nitrogens with zero attached hydrogens (tertiary/aromatic N) is 2. The van der Waals surface area contributed by atoms with Crippen LogP contribution in [0.5, 0.6) is 0 Å². The van der Waals surface area contributed by atoms with Crippen molar-refractivity contribution < 1.29 is 4.79 Å². The number of hydrogen-bond acceptors (Lipinski definition) is 6. The molecule has 1 N–H and O–H groups in total. The number of hydrogen-bond donors (Lipinski definition) is 1. The lowest BCUT2D eigenvalue weighted by Gasteiger charge is -2.18. The molecule has 3 rings (SSSR count). The molecule has 0 aliphatic rings. The molecule has 2 aromatic carbocycles. The van der Waals surface area contributed by atoms with Gasteiger partial charge >= 0.3 is 0 Å². The van der Waals surface area contributed by atoms with Crippen LogP contribution < -0.4 is 5.32 Å². The van der Waals surface area contributed by atoms with Crippen molar-refractivity contribution in [2.45, 2.75) is 43.9 Å². The van der Waals surface area contributed by atoms with Crippen molar-refractivity contribution >= 4 is 39.7 Å². The molecule has 0 saturated heterocycles. The molecule has 0 aliphatic heterocycles. The second-order valence-corrected chi connectivity index (χ2v) is 9.79. The number of aromatic nitrogens is 2. The Hall–Kier alpha value is -2.18. The Balaban J connectivity index is 1.55. The van der Waals surface area contributed by atoms with Gasteiger partial charge in [-0.15, -0.1) is 10.2 Å². The largest absolute Gasteiger partial charge is 0.330 e. The van der Waals surface area contributed by atoms with E-state index in [1.807, 2.05) is 36.4 Å². The first-order valence-electron chi connectivity index (χ1n) is 9.31. The van der Waals surface area contributed by atoms with Crippen LogP contribution in [0.15, 0.2) is 52.9 Å². The second-order valence-electron chi connectivity index (χ2n) is 7.59. The lowest BCUT2D eigenvalue weighted by Crippen LogP contribution is -2.11. The van der Waals surface area contributed by atoms with Crippen molar-refractivity contribution in [1.82, 2.24) is 10.2 Å². The highest BCUT2D eigenvalue weighted by Crippen LogP contribution is 2.28. The highest BCUT2D eigenvalue weighted by molar-refractivity contribution is 8.01. The number of rotatable bonds is 7. The number of anilines is 2. The average molecular weight is 412 g/mol. The van der Waals surface area contributed by atoms with Crippen LogP contribution in [0.4, 0.5) is 10.8 Å². The van der Waals surface area contributed by atoms with Crippen LogP contribution in [0.25, 0.3) is 0 Å². The van der Waals surface area contributed by atoms with E-state index in [1.165, 1.54) is 34.2 Å². The molecular weight excluding hydrogens is 386 g/mol. The summed E-state index contributed by atoms with van der Waals surface area (Å²) in [6.45, 7) is 8.63. The molecule has 1 aromatic heterocycles. The lowest BCUT2D eigenvalue weighted by molar-refractivity contribution is 0.102. The summed E-state index contributed by atoms with van der Waals surface area (Å²) in [7, 11) is 0. The van der Waals surface area contributed by atoms with Gasteiger partial charge in [0, 0.05) is 11.3 Å². The van der Waals surface area contributed by atoms with Crippen molar-refractivity contribution in [3.8, 4) is 0 Å². The second kappa shape index (κ2) is 8.88. The van der Waals surface area contributed by atoms with Gasteiger partial charge in [-0.05, 0) is 35.1 Å². The number of thioether (sulfide) groups is 1.